The molecule has 1 aliphatic heterocycles. The Bertz CT molecular complexity index is 354. The highest BCUT2D eigenvalue weighted by atomic mass is 15.0. The summed E-state index contributed by atoms with van der Waals surface area (Å²) in [7, 11) is 0. The number of nitrogens with zero attached hydrogens (tertiary/aromatic N) is 1. The molecule has 1 aromatic rings. The van der Waals surface area contributed by atoms with Gasteiger partial charge in [0.05, 0.1) is 5.69 Å². The second-order valence-corrected chi connectivity index (χ2v) is 5.89. The van der Waals surface area contributed by atoms with Gasteiger partial charge >= 0.3 is 0 Å². The summed E-state index contributed by atoms with van der Waals surface area (Å²) in [6.07, 6.45) is 2.51. The second kappa shape index (κ2) is 4.21. The van der Waals surface area contributed by atoms with E-state index >= 15 is 0 Å². The summed E-state index contributed by atoms with van der Waals surface area (Å²) in [4.78, 5) is 8.28. The molecular formula is C13H23N3. The lowest BCUT2D eigenvalue weighted by atomic mass is 9.91. The van der Waals surface area contributed by atoms with Crippen molar-refractivity contribution in [3.8, 4) is 0 Å². The van der Waals surface area contributed by atoms with Crippen molar-refractivity contribution in [1.29, 1.82) is 0 Å². The first kappa shape index (κ1) is 11.6. The van der Waals surface area contributed by atoms with Gasteiger partial charge in [-0.15, -0.1) is 0 Å². The normalized spacial score (nSPS) is 22.4. The zero-order valence-electron chi connectivity index (χ0n) is 10.9. The number of imidazole rings is 1. The molecule has 0 amide bonds. The average Bonchev–Trinajstić information content (AvgIpc) is 2.61. The minimum absolute atomic E-state index is 0.140. The summed E-state index contributed by atoms with van der Waals surface area (Å²) in [5.74, 6) is 1.75. The van der Waals surface area contributed by atoms with Gasteiger partial charge < -0.3 is 10.3 Å². The molecule has 2 N–H and O–H groups in total. The van der Waals surface area contributed by atoms with Crippen molar-refractivity contribution in [2.24, 2.45) is 0 Å². The number of aromatic nitrogens is 2. The first-order chi connectivity index (χ1) is 7.48. The number of aryl methyl sites for hydroxylation is 1. The number of piperidine rings is 1. The largest absolute Gasteiger partial charge is 0.346 e. The predicted molar refractivity (Wildman–Crippen MR) is 66.9 cm³/mol. The SMILES string of the molecule is Cc1[nH]c(C2CCCNC2)nc1C(C)(C)C. The third-order valence-corrected chi connectivity index (χ3v) is 3.30. The van der Waals surface area contributed by atoms with Crippen molar-refractivity contribution in [2.45, 2.75) is 51.9 Å². The van der Waals surface area contributed by atoms with Gasteiger partial charge in [0.1, 0.15) is 5.82 Å². The Kier molecular flexibility index (Phi) is 3.06. The maximum Gasteiger partial charge on any atom is 0.110 e. The lowest BCUT2D eigenvalue weighted by Gasteiger charge is -2.21. The van der Waals surface area contributed by atoms with Crippen LogP contribution in [-0.2, 0) is 5.41 Å². The van der Waals surface area contributed by atoms with Crippen molar-refractivity contribution in [3.63, 3.8) is 0 Å². The minimum atomic E-state index is 0.140. The van der Waals surface area contributed by atoms with Gasteiger partial charge in [0.25, 0.3) is 0 Å². The van der Waals surface area contributed by atoms with Crippen LogP contribution in [0.15, 0.2) is 0 Å². The lowest BCUT2D eigenvalue weighted by molar-refractivity contribution is 0.447. The smallest absolute Gasteiger partial charge is 0.110 e. The molecule has 0 bridgehead atoms. The Morgan fingerprint density at radius 3 is 2.56 bits per heavy atom. The van der Waals surface area contributed by atoms with Gasteiger partial charge in [-0.2, -0.15) is 0 Å². The molecule has 3 heteroatoms. The Labute approximate surface area is 98.1 Å². The topological polar surface area (TPSA) is 40.7 Å². The minimum Gasteiger partial charge on any atom is -0.346 e. The summed E-state index contributed by atoms with van der Waals surface area (Å²) in [5.41, 5.74) is 2.59. The van der Waals surface area contributed by atoms with Crippen LogP contribution in [0.1, 0.15) is 56.7 Å². The summed E-state index contributed by atoms with van der Waals surface area (Å²) in [6, 6.07) is 0. The predicted octanol–water partition coefficient (Wildman–Crippen LogP) is 2.48. The molecule has 0 spiro atoms. The van der Waals surface area contributed by atoms with E-state index in [-0.39, 0.29) is 5.41 Å². The monoisotopic (exact) mass is 221 g/mol. The molecule has 0 aromatic carbocycles. The van der Waals surface area contributed by atoms with E-state index in [9.17, 15) is 0 Å². The third-order valence-electron chi connectivity index (χ3n) is 3.30. The molecule has 2 heterocycles. The fourth-order valence-electron chi connectivity index (χ4n) is 2.49. The van der Waals surface area contributed by atoms with Crippen LogP contribution in [0.3, 0.4) is 0 Å². The molecule has 0 aliphatic carbocycles. The molecule has 0 saturated carbocycles. The Balaban J connectivity index is 2.23. The fraction of sp³-hybridized carbons (Fsp3) is 0.769. The molecule has 0 radical (unpaired) electrons. The van der Waals surface area contributed by atoms with Crippen molar-refractivity contribution in [1.82, 2.24) is 15.3 Å². The maximum atomic E-state index is 4.81. The van der Waals surface area contributed by atoms with Crippen LogP contribution < -0.4 is 5.32 Å². The van der Waals surface area contributed by atoms with Crippen molar-refractivity contribution < 1.29 is 0 Å². The maximum absolute atomic E-state index is 4.81. The number of rotatable bonds is 1. The Morgan fingerprint density at radius 1 is 1.31 bits per heavy atom. The molecule has 1 atom stereocenters. The molecule has 1 aromatic heterocycles. The van der Waals surface area contributed by atoms with Crippen LogP contribution in [-0.4, -0.2) is 23.1 Å². The van der Waals surface area contributed by atoms with E-state index in [4.69, 9.17) is 4.98 Å². The molecule has 16 heavy (non-hydrogen) atoms. The van der Waals surface area contributed by atoms with Gasteiger partial charge in [-0.3, -0.25) is 0 Å². The Hall–Kier alpha value is -0.830. The molecule has 3 nitrogen and oxygen atoms in total. The van der Waals surface area contributed by atoms with Gasteiger partial charge in [-0.25, -0.2) is 4.98 Å². The quantitative estimate of drug-likeness (QED) is 0.765. The number of hydrogen-bond acceptors (Lipinski definition) is 2. The average molecular weight is 221 g/mol. The fourth-order valence-corrected chi connectivity index (χ4v) is 2.49. The first-order valence-electron chi connectivity index (χ1n) is 6.26. The highest BCUT2D eigenvalue weighted by Gasteiger charge is 2.24. The number of H-pyrrole nitrogens is 1. The van der Waals surface area contributed by atoms with Crippen molar-refractivity contribution in [2.75, 3.05) is 13.1 Å². The highest BCUT2D eigenvalue weighted by Crippen LogP contribution is 2.27. The van der Waals surface area contributed by atoms with E-state index in [0.717, 1.165) is 13.1 Å². The molecule has 1 saturated heterocycles. The number of nitrogens with one attached hydrogen (secondary N) is 2. The van der Waals surface area contributed by atoms with E-state index in [2.05, 4.69) is 38.0 Å². The number of aromatic amines is 1. The van der Waals surface area contributed by atoms with Gasteiger partial charge in [-0.1, -0.05) is 20.8 Å². The van der Waals surface area contributed by atoms with Crippen LogP contribution >= 0.6 is 0 Å². The van der Waals surface area contributed by atoms with Crippen molar-refractivity contribution in [3.05, 3.63) is 17.2 Å². The second-order valence-electron chi connectivity index (χ2n) is 5.89. The van der Waals surface area contributed by atoms with E-state index in [1.54, 1.807) is 0 Å². The zero-order chi connectivity index (χ0) is 11.8. The van der Waals surface area contributed by atoms with E-state index < -0.39 is 0 Å². The molecule has 1 fully saturated rings. The molecule has 1 aliphatic rings. The standard InChI is InChI=1S/C13H23N3/c1-9-11(13(2,3)4)16-12(15-9)10-6-5-7-14-8-10/h10,14H,5-8H2,1-4H3,(H,15,16). The first-order valence-corrected chi connectivity index (χ1v) is 6.26. The van der Waals surface area contributed by atoms with Crippen LogP contribution in [0.5, 0.6) is 0 Å². The lowest BCUT2D eigenvalue weighted by Crippen LogP contribution is -2.29. The summed E-state index contributed by atoms with van der Waals surface area (Å²) < 4.78 is 0. The zero-order valence-corrected chi connectivity index (χ0v) is 10.9. The van der Waals surface area contributed by atoms with Gasteiger partial charge in [0, 0.05) is 23.6 Å². The summed E-state index contributed by atoms with van der Waals surface area (Å²) in [6.45, 7) is 11.0. The van der Waals surface area contributed by atoms with E-state index in [0.29, 0.717) is 5.92 Å². The van der Waals surface area contributed by atoms with E-state index in [1.165, 1.54) is 30.1 Å². The van der Waals surface area contributed by atoms with Gasteiger partial charge in [-0.05, 0) is 26.3 Å². The van der Waals surface area contributed by atoms with Gasteiger partial charge in [0.2, 0.25) is 0 Å². The number of hydrogen-bond donors (Lipinski definition) is 2. The third kappa shape index (κ3) is 2.29. The van der Waals surface area contributed by atoms with Crippen LogP contribution in [0, 0.1) is 6.92 Å². The summed E-state index contributed by atoms with van der Waals surface area (Å²) in [5, 5.41) is 3.44. The van der Waals surface area contributed by atoms with Crippen LogP contribution in [0.25, 0.3) is 0 Å². The molecule has 90 valence electrons. The highest BCUT2D eigenvalue weighted by molar-refractivity contribution is 5.22. The molecule has 2 rings (SSSR count). The van der Waals surface area contributed by atoms with Crippen LogP contribution in [0.2, 0.25) is 0 Å². The van der Waals surface area contributed by atoms with Gasteiger partial charge in [0.15, 0.2) is 0 Å². The molecule has 1 unspecified atom stereocenters. The van der Waals surface area contributed by atoms with Crippen LogP contribution in [0.4, 0.5) is 0 Å². The van der Waals surface area contributed by atoms with Crippen molar-refractivity contribution >= 4 is 0 Å². The van der Waals surface area contributed by atoms with E-state index in [1.807, 2.05) is 0 Å². The Morgan fingerprint density at radius 2 is 2.06 bits per heavy atom. The molecular weight excluding hydrogens is 198 g/mol. The summed E-state index contributed by atoms with van der Waals surface area (Å²) >= 11 is 0.